The highest BCUT2D eigenvalue weighted by Crippen LogP contribution is 2.31. The number of piperidine rings is 1. The lowest BCUT2D eigenvalue weighted by atomic mass is 9.91. The largest absolute Gasteiger partial charge is 0.375 e. The zero-order valence-electron chi connectivity index (χ0n) is 27.9. The minimum Gasteiger partial charge on any atom is -0.375 e. The molecule has 0 saturated carbocycles. The van der Waals surface area contributed by atoms with E-state index in [4.69, 9.17) is 18.9 Å². The molecule has 6 rings (SSSR count). The highest BCUT2D eigenvalue weighted by molar-refractivity contribution is 5.20. The molecule has 48 heavy (non-hydrogen) atoms. The van der Waals surface area contributed by atoms with Crippen molar-refractivity contribution in [2.24, 2.45) is 0 Å². The van der Waals surface area contributed by atoms with E-state index in [1.165, 1.54) is 5.56 Å². The predicted octanol–water partition coefficient (Wildman–Crippen LogP) is 8.45. The summed E-state index contributed by atoms with van der Waals surface area (Å²) in [7, 11) is 0. The van der Waals surface area contributed by atoms with Gasteiger partial charge in [-0.15, -0.1) is 0 Å². The maximum Gasteiger partial charge on any atom is 0.113 e. The lowest BCUT2D eigenvalue weighted by Gasteiger charge is -2.49. The quantitative estimate of drug-likeness (QED) is 0.108. The van der Waals surface area contributed by atoms with E-state index in [1.807, 2.05) is 24.3 Å². The topological polar surface area (TPSA) is 40.2 Å². The molecule has 0 amide bonds. The molecule has 0 radical (unpaired) electrons. The second kappa shape index (κ2) is 17.9. The van der Waals surface area contributed by atoms with E-state index in [2.05, 4.69) is 139 Å². The van der Waals surface area contributed by atoms with Gasteiger partial charge in [-0.25, -0.2) is 0 Å². The molecule has 4 unspecified atom stereocenters. The minimum atomic E-state index is -0.314. The van der Waals surface area contributed by atoms with Crippen molar-refractivity contribution in [3.8, 4) is 0 Å². The SMILES string of the molecule is C[C@H](CN1CC(OCc2ccccc2)C(OCc2ccccc2)C(OCc2ccccc2)C1COCc1ccccc1)c1ccccc1. The summed E-state index contributed by atoms with van der Waals surface area (Å²) < 4.78 is 27.2. The summed E-state index contributed by atoms with van der Waals surface area (Å²) in [5, 5.41) is 0. The van der Waals surface area contributed by atoms with E-state index in [0.29, 0.717) is 45.5 Å². The van der Waals surface area contributed by atoms with E-state index >= 15 is 0 Å². The molecular formula is C43H47NO4. The van der Waals surface area contributed by atoms with Gasteiger partial charge in [0.2, 0.25) is 0 Å². The summed E-state index contributed by atoms with van der Waals surface area (Å²) in [6.45, 7) is 6.33. The molecule has 5 aromatic rings. The first-order chi connectivity index (χ1) is 23.7. The molecule has 1 aliphatic rings. The molecule has 1 heterocycles. The van der Waals surface area contributed by atoms with Gasteiger partial charge in [0, 0.05) is 13.1 Å². The third kappa shape index (κ3) is 9.72. The lowest BCUT2D eigenvalue weighted by molar-refractivity contribution is -0.211. The van der Waals surface area contributed by atoms with Crippen molar-refractivity contribution in [1.82, 2.24) is 4.90 Å². The van der Waals surface area contributed by atoms with Gasteiger partial charge in [0.15, 0.2) is 0 Å². The zero-order valence-corrected chi connectivity index (χ0v) is 27.9. The molecule has 1 saturated heterocycles. The third-order valence-electron chi connectivity index (χ3n) is 9.11. The fourth-order valence-electron chi connectivity index (χ4n) is 6.50. The van der Waals surface area contributed by atoms with Crippen molar-refractivity contribution in [3.05, 3.63) is 179 Å². The molecule has 0 spiro atoms. The standard InChI is InChI=1S/C43H47NO4/c1-34(39-25-15-6-16-26-39)27-44-28-41(46-30-36-19-9-3-10-20-36)43(48-32-38-23-13-5-14-24-38)42(47-31-37-21-11-4-12-22-37)40(44)33-45-29-35-17-7-2-8-18-35/h2-26,34,40-43H,27-33H2,1H3/t34-,40?,41?,42?,43?/m1/s1. The number of hydrogen-bond acceptors (Lipinski definition) is 5. The summed E-state index contributed by atoms with van der Waals surface area (Å²) >= 11 is 0. The van der Waals surface area contributed by atoms with Crippen molar-refractivity contribution in [3.63, 3.8) is 0 Å². The van der Waals surface area contributed by atoms with Crippen LogP contribution in [0.1, 0.15) is 40.7 Å². The number of nitrogens with zero attached hydrogens (tertiary/aromatic N) is 1. The van der Waals surface area contributed by atoms with Gasteiger partial charge in [0.1, 0.15) is 12.2 Å². The summed E-state index contributed by atoms with van der Waals surface area (Å²) in [5.74, 6) is 0.300. The smallest absolute Gasteiger partial charge is 0.113 e. The number of ether oxygens (including phenoxy) is 4. The van der Waals surface area contributed by atoms with Crippen LogP contribution in [0.4, 0.5) is 0 Å². The van der Waals surface area contributed by atoms with Gasteiger partial charge in [-0.3, -0.25) is 4.90 Å². The minimum absolute atomic E-state index is 0.0547. The van der Waals surface area contributed by atoms with Crippen LogP contribution in [0.15, 0.2) is 152 Å². The first-order valence-electron chi connectivity index (χ1n) is 17.1. The van der Waals surface area contributed by atoms with Gasteiger partial charge in [-0.1, -0.05) is 159 Å². The van der Waals surface area contributed by atoms with Crippen LogP contribution in [0.3, 0.4) is 0 Å². The maximum atomic E-state index is 6.96. The summed E-state index contributed by atoms with van der Waals surface area (Å²) in [6.07, 6.45) is -0.837. The van der Waals surface area contributed by atoms with Gasteiger partial charge in [0.25, 0.3) is 0 Å². The molecule has 0 N–H and O–H groups in total. The van der Waals surface area contributed by atoms with Crippen LogP contribution in [0.25, 0.3) is 0 Å². The first kappa shape index (κ1) is 33.8. The zero-order chi connectivity index (χ0) is 32.8. The molecule has 0 aromatic heterocycles. The third-order valence-corrected chi connectivity index (χ3v) is 9.11. The fourth-order valence-corrected chi connectivity index (χ4v) is 6.50. The maximum absolute atomic E-state index is 6.96. The van der Waals surface area contributed by atoms with Crippen LogP contribution in [-0.4, -0.2) is 49.0 Å². The van der Waals surface area contributed by atoms with Crippen LogP contribution in [0.2, 0.25) is 0 Å². The Kier molecular flexibility index (Phi) is 12.6. The number of benzene rings is 5. The van der Waals surface area contributed by atoms with E-state index in [-0.39, 0.29) is 24.4 Å². The van der Waals surface area contributed by atoms with Crippen molar-refractivity contribution in [2.75, 3.05) is 19.7 Å². The Morgan fingerprint density at radius 1 is 0.521 bits per heavy atom. The van der Waals surface area contributed by atoms with Crippen molar-refractivity contribution >= 4 is 0 Å². The Balaban J connectivity index is 1.31. The van der Waals surface area contributed by atoms with Gasteiger partial charge in [0.05, 0.1) is 45.2 Å². The van der Waals surface area contributed by atoms with Crippen LogP contribution in [0, 0.1) is 0 Å². The molecule has 5 aromatic carbocycles. The number of likely N-dealkylation sites (tertiary alicyclic amines) is 1. The summed E-state index contributed by atoms with van der Waals surface area (Å²) in [6, 6.07) is 52.2. The Hall–Kier alpha value is -4.10. The van der Waals surface area contributed by atoms with Crippen LogP contribution in [0.5, 0.6) is 0 Å². The Bertz CT molecular complexity index is 1590. The average Bonchev–Trinajstić information content (AvgIpc) is 3.15. The van der Waals surface area contributed by atoms with Gasteiger partial charge in [-0.2, -0.15) is 0 Å². The lowest BCUT2D eigenvalue weighted by Crippen LogP contribution is -2.65. The van der Waals surface area contributed by atoms with Gasteiger partial charge < -0.3 is 18.9 Å². The van der Waals surface area contributed by atoms with E-state index < -0.39 is 0 Å². The van der Waals surface area contributed by atoms with Crippen molar-refractivity contribution in [2.45, 2.75) is 63.6 Å². The highest BCUT2D eigenvalue weighted by Gasteiger charge is 2.46. The van der Waals surface area contributed by atoms with Gasteiger partial charge in [-0.05, 0) is 33.7 Å². The average molecular weight is 642 g/mol. The second-order valence-corrected chi connectivity index (χ2v) is 12.7. The molecule has 1 fully saturated rings. The summed E-state index contributed by atoms with van der Waals surface area (Å²) in [4.78, 5) is 2.52. The number of hydrogen-bond donors (Lipinski definition) is 0. The Morgan fingerprint density at radius 2 is 0.938 bits per heavy atom. The molecule has 0 bridgehead atoms. The molecule has 5 heteroatoms. The van der Waals surface area contributed by atoms with Crippen LogP contribution >= 0.6 is 0 Å². The molecule has 248 valence electrons. The normalized spacial score (nSPS) is 20.4. The number of rotatable bonds is 16. The predicted molar refractivity (Wildman–Crippen MR) is 191 cm³/mol. The molecular weight excluding hydrogens is 594 g/mol. The molecule has 5 atom stereocenters. The van der Waals surface area contributed by atoms with Crippen LogP contribution < -0.4 is 0 Å². The monoisotopic (exact) mass is 641 g/mol. The summed E-state index contributed by atoms with van der Waals surface area (Å²) in [5.41, 5.74) is 5.85. The van der Waals surface area contributed by atoms with E-state index in [9.17, 15) is 0 Å². The second-order valence-electron chi connectivity index (χ2n) is 12.7. The van der Waals surface area contributed by atoms with E-state index in [1.54, 1.807) is 0 Å². The fraction of sp³-hybridized carbons (Fsp3) is 0.302. The molecule has 0 aliphatic carbocycles. The Morgan fingerprint density at radius 3 is 1.44 bits per heavy atom. The van der Waals surface area contributed by atoms with Gasteiger partial charge >= 0.3 is 0 Å². The Labute approximate surface area is 286 Å². The highest BCUT2D eigenvalue weighted by atomic mass is 16.6. The van der Waals surface area contributed by atoms with Crippen molar-refractivity contribution < 1.29 is 18.9 Å². The first-order valence-corrected chi connectivity index (χ1v) is 17.1. The molecule has 5 nitrogen and oxygen atoms in total. The van der Waals surface area contributed by atoms with Crippen molar-refractivity contribution in [1.29, 1.82) is 0 Å². The van der Waals surface area contributed by atoms with E-state index in [0.717, 1.165) is 28.8 Å². The molecule has 1 aliphatic heterocycles. The van der Waals surface area contributed by atoms with Crippen LogP contribution in [-0.2, 0) is 45.4 Å².